The van der Waals surface area contributed by atoms with Gasteiger partial charge in [0.25, 0.3) is 0 Å². The minimum absolute atomic E-state index is 0.0749. The van der Waals surface area contributed by atoms with Crippen LogP contribution in [0.25, 0.3) is 16.8 Å². The maximum Gasteiger partial charge on any atom is 0.335 e. The average Bonchev–Trinajstić information content (AvgIpc) is 3.13. The van der Waals surface area contributed by atoms with Crippen molar-refractivity contribution in [3.8, 4) is 22.7 Å². The zero-order valence-electron chi connectivity index (χ0n) is 12.1. The molecule has 2 heterocycles. The minimum Gasteiger partial charge on any atom is -0.493 e. The SMILES string of the molecule is O=c1n2c(c(O)n1-c1ccccc1-c1ccccc1)CCC2. The third-order valence-corrected chi connectivity index (χ3v) is 4.24. The molecule has 0 spiro atoms. The van der Waals surface area contributed by atoms with Crippen LogP contribution < -0.4 is 5.69 Å². The Morgan fingerprint density at radius 3 is 2.45 bits per heavy atom. The first-order valence-electron chi connectivity index (χ1n) is 7.45. The summed E-state index contributed by atoms with van der Waals surface area (Å²) >= 11 is 0. The van der Waals surface area contributed by atoms with E-state index in [1.54, 1.807) is 4.57 Å². The smallest absolute Gasteiger partial charge is 0.335 e. The Morgan fingerprint density at radius 2 is 1.68 bits per heavy atom. The summed E-state index contributed by atoms with van der Waals surface area (Å²) in [6.45, 7) is 0.683. The van der Waals surface area contributed by atoms with E-state index in [1.165, 1.54) is 4.57 Å². The minimum atomic E-state index is -0.159. The molecule has 0 saturated carbocycles. The van der Waals surface area contributed by atoms with Gasteiger partial charge in [-0.15, -0.1) is 0 Å². The van der Waals surface area contributed by atoms with E-state index in [2.05, 4.69) is 0 Å². The highest BCUT2D eigenvalue weighted by Gasteiger charge is 2.25. The quantitative estimate of drug-likeness (QED) is 0.789. The molecule has 110 valence electrons. The van der Waals surface area contributed by atoms with Gasteiger partial charge in [-0.25, -0.2) is 9.36 Å². The normalized spacial score (nSPS) is 13.3. The number of aromatic hydroxyl groups is 1. The van der Waals surface area contributed by atoms with E-state index in [-0.39, 0.29) is 11.6 Å². The van der Waals surface area contributed by atoms with E-state index in [1.807, 2.05) is 54.6 Å². The zero-order valence-corrected chi connectivity index (χ0v) is 12.1. The van der Waals surface area contributed by atoms with Crippen LogP contribution in [-0.4, -0.2) is 14.2 Å². The van der Waals surface area contributed by atoms with Gasteiger partial charge < -0.3 is 5.11 Å². The van der Waals surface area contributed by atoms with Gasteiger partial charge >= 0.3 is 5.69 Å². The number of fused-ring (bicyclic) bond motifs is 1. The third-order valence-electron chi connectivity index (χ3n) is 4.24. The molecule has 2 aromatic carbocycles. The van der Waals surface area contributed by atoms with Crippen molar-refractivity contribution >= 4 is 0 Å². The van der Waals surface area contributed by atoms with Crippen molar-refractivity contribution in [1.29, 1.82) is 0 Å². The first-order valence-corrected chi connectivity index (χ1v) is 7.45. The largest absolute Gasteiger partial charge is 0.493 e. The Bertz CT molecular complexity index is 891. The Kier molecular flexibility index (Phi) is 2.89. The number of hydrogen-bond donors (Lipinski definition) is 1. The molecule has 3 aromatic rings. The summed E-state index contributed by atoms with van der Waals surface area (Å²) in [5.74, 6) is 0.0749. The average molecular weight is 292 g/mol. The molecule has 4 nitrogen and oxygen atoms in total. The van der Waals surface area contributed by atoms with Gasteiger partial charge in [0.05, 0.1) is 11.4 Å². The lowest BCUT2D eigenvalue weighted by molar-refractivity contribution is 0.435. The lowest BCUT2D eigenvalue weighted by Crippen LogP contribution is -2.22. The van der Waals surface area contributed by atoms with E-state index in [0.29, 0.717) is 6.54 Å². The molecule has 0 aliphatic carbocycles. The second kappa shape index (κ2) is 4.91. The molecule has 0 fully saturated rings. The Labute approximate surface area is 127 Å². The maximum absolute atomic E-state index is 12.6. The van der Waals surface area contributed by atoms with E-state index < -0.39 is 0 Å². The molecule has 0 radical (unpaired) electrons. The number of rotatable bonds is 2. The Balaban J connectivity index is 1.98. The van der Waals surface area contributed by atoms with Crippen LogP contribution in [0.4, 0.5) is 0 Å². The third kappa shape index (κ3) is 1.80. The fourth-order valence-electron chi connectivity index (χ4n) is 3.21. The number of nitrogens with zero attached hydrogens (tertiary/aromatic N) is 2. The van der Waals surface area contributed by atoms with Gasteiger partial charge in [0.15, 0.2) is 0 Å². The lowest BCUT2D eigenvalue weighted by Gasteiger charge is -2.11. The molecule has 1 aliphatic rings. The van der Waals surface area contributed by atoms with E-state index in [9.17, 15) is 9.90 Å². The monoisotopic (exact) mass is 292 g/mol. The summed E-state index contributed by atoms with van der Waals surface area (Å²) in [6.07, 6.45) is 1.67. The van der Waals surface area contributed by atoms with Crippen molar-refractivity contribution in [2.45, 2.75) is 19.4 Å². The van der Waals surface area contributed by atoms with Gasteiger partial charge in [0.1, 0.15) is 0 Å². The second-order valence-corrected chi connectivity index (χ2v) is 5.53. The van der Waals surface area contributed by atoms with Crippen molar-refractivity contribution in [2.75, 3.05) is 0 Å². The molecule has 0 saturated heterocycles. The molecule has 1 aliphatic heterocycles. The van der Waals surface area contributed by atoms with Gasteiger partial charge in [0.2, 0.25) is 5.88 Å². The molecule has 0 unspecified atom stereocenters. The Morgan fingerprint density at radius 1 is 0.955 bits per heavy atom. The molecule has 4 heteroatoms. The molecule has 0 atom stereocenters. The van der Waals surface area contributed by atoms with Gasteiger partial charge in [-0.2, -0.15) is 0 Å². The number of imidazole rings is 1. The zero-order chi connectivity index (χ0) is 15.1. The molecular formula is C18H16N2O2. The van der Waals surface area contributed by atoms with Gasteiger partial charge in [0, 0.05) is 12.1 Å². The highest BCUT2D eigenvalue weighted by Crippen LogP contribution is 2.31. The van der Waals surface area contributed by atoms with Crippen LogP contribution in [0.5, 0.6) is 5.88 Å². The standard InChI is InChI=1S/C18H16N2O2/c21-17-16-11-6-12-19(16)18(22)20(17)15-10-5-4-9-14(15)13-7-2-1-3-8-13/h1-5,7-10,21H,6,11-12H2. The fourth-order valence-corrected chi connectivity index (χ4v) is 3.21. The highest BCUT2D eigenvalue weighted by molar-refractivity contribution is 5.73. The van der Waals surface area contributed by atoms with Gasteiger partial charge in [-0.1, -0.05) is 48.5 Å². The summed E-state index contributed by atoms with van der Waals surface area (Å²) in [5.41, 5.74) is 3.26. The van der Waals surface area contributed by atoms with Crippen LogP contribution in [0, 0.1) is 0 Å². The van der Waals surface area contributed by atoms with Crippen LogP contribution >= 0.6 is 0 Å². The van der Waals surface area contributed by atoms with Crippen molar-refractivity contribution < 1.29 is 5.11 Å². The topological polar surface area (TPSA) is 47.2 Å². The van der Waals surface area contributed by atoms with Crippen LogP contribution in [0.15, 0.2) is 59.4 Å². The summed E-state index contributed by atoms with van der Waals surface area (Å²) in [6, 6.07) is 17.6. The summed E-state index contributed by atoms with van der Waals surface area (Å²) in [4.78, 5) is 12.6. The fraction of sp³-hybridized carbons (Fsp3) is 0.167. The predicted octanol–water partition coefficient (Wildman–Crippen LogP) is 2.96. The summed E-state index contributed by atoms with van der Waals surface area (Å²) < 4.78 is 3.11. The summed E-state index contributed by atoms with van der Waals surface area (Å²) in [5, 5.41) is 10.5. The van der Waals surface area contributed by atoms with Crippen molar-refractivity contribution in [1.82, 2.24) is 9.13 Å². The maximum atomic E-state index is 12.6. The molecule has 4 rings (SSSR count). The molecular weight excluding hydrogens is 276 g/mol. The first kappa shape index (κ1) is 13.0. The molecule has 0 bridgehead atoms. The highest BCUT2D eigenvalue weighted by atomic mass is 16.3. The van der Waals surface area contributed by atoms with Crippen LogP contribution in [0.2, 0.25) is 0 Å². The number of para-hydroxylation sites is 1. The van der Waals surface area contributed by atoms with Crippen molar-refractivity contribution in [3.05, 3.63) is 70.8 Å². The second-order valence-electron chi connectivity index (χ2n) is 5.53. The first-order chi connectivity index (χ1) is 10.8. The van der Waals surface area contributed by atoms with E-state index in [4.69, 9.17) is 0 Å². The van der Waals surface area contributed by atoms with Gasteiger partial charge in [-0.05, 0) is 24.5 Å². The lowest BCUT2D eigenvalue weighted by atomic mass is 10.0. The summed E-state index contributed by atoms with van der Waals surface area (Å²) in [7, 11) is 0. The van der Waals surface area contributed by atoms with Crippen LogP contribution in [0.1, 0.15) is 12.1 Å². The molecule has 0 amide bonds. The number of hydrogen-bond acceptors (Lipinski definition) is 2. The predicted molar refractivity (Wildman–Crippen MR) is 85.5 cm³/mol. The van der Waals surface area contributed by atoms with Crippen molar-refractivity contribution in [3.63, 3.8) is 0 Å². The van der Waals surface area contributed by atoms with Crippen LogP contribution in [0.3, 0.4) is 0 Å². The molecule has 1 aromatic heterocycles. The molecule has 22 heavy (non-hydrogen) atoms. The van der Waals surface area contributed by atoms with Crippen molar-refractivity contribution in [2.24, 2.45) is 0 Å². The number of benzene rings is 2. The van der Waals surface area contributed by atoms with E-state index >= 15 is 0 Å². The number of aromatic nitrogens is 2. The van der Waals surface area contributed by atoms with E-state index in [0.717, 1.165) is 35.3 Å². The van der Waals surface area contributed by atoms with Gasteiger partial charge in [-0.3, -0.25) is 4.57 Å². The molecule has 1 N–H and O–H groups in total. The van der Waals surface area contributed by atoms with Crippen LogP contribution in [-0.2, 0) is 13.0 Å². The Hall–Kier alpha value is -2.75.